The molecule has 0 bridgehead atoms. The Balaban J connectivity index is 4.50. The minimum atomic E-state index is -1.26. The van der Waals surface area contributed by atoms with Crippen molar-refractivity contribution in [3.8, 4) is 0 Å². The van der Waals surface area contributed by atoms with Gasteiger partial charge in [-0.25, -0.2) is 9.59 Å². The summed E-state index contributed by atoms with van der Waals surface area (Å²) in [6, 6.07) is -0.846. The Labute approximate surface area is 108 Å². The average molecular weight is 276 g/mol. The molecule has 0 fully saturated rings. The lowest BCUT2D eigenvalue weighted by atomic mass is 10.3. The summed E-state index contributed by atoms with van der Waals surface area (Å²) in [5.41, 5.74) is 9.81. The first-order valence-corrected chi connectivity index (χ1v) is 5.13. The zero-order valence-corrected chi connectivity index (χ0v) is 10.3. The van der Waals surface area contributed by atoms with Crippen molar-refractivity contribution in [2.45, 2.75) is 6.10 Å². The number of carbonyl (C=O) groups is 4. The fourth-order valence-electron chi connectivity index (χ4n) is 1.14. The van der Waals surface area contributed by atoms with E-state index >= 15 is 0 Å². The molecule has 0 saturated carbocycles. The molecule has 1 atom stereocenters. The van der Waals surface area contributed by atoms with Gasteiger partial charge in [-0.05, 0) is 0 Å². The van der Waals surface area contributed by atoms with Crippen molar-refractivity contribution in [3.63, 3.8) is 0 Å². The number of carboxylic acid groups (broad SMARTS) is 1. The van der Waals surface area contributed by atoms with Gasteiger partial charge in [0.2, 0.25) is 11.8 Å². The summed E-state index contributed by atoms with van der Waals surface area (Å²) in [7, 11) is 1.16. The van der Waals surface area contributed by atoms with Crippen LogP contribution in [0.15, 0.2) is 0 Å². The van der Waals surface area contributed by atoms with E-state index < -0.39 is 43.0 Å². The smallest absolute Gasteiger partial charge is 0.334 e. The van der Waals surface area contributed by atoms with Gasteiger partial charge in [0.05, 0.1) is 6.54 Å². The van der Waals surface area contributed by atoms with Crippen molar-refractivity contribution in [3.05, 3.63) is 0 Å². The summed E-state index contributed by atoms with van der Waals surface area (Å²) in [4.78, 5) is 44.5. The van der Waals surface area contributed by atoms with Crippen LogP contribution in [0.5, 0.6) is 0 Å². The molecule has 0 aliphatic heterocycles. The number of nitrogens with zero attached hydrogens (tertiary/aromatic N) is 1. The maximum Gasteiger partial charge on any atom is 0.334 e. The highest BCUT2D eigenvalue weighted by molar-refractivity contribution is 5.87. The minimum Gasteiger partial charge on any atom is -0.479 e. The molecule has 0 aliphatic carbocycles. The highest BCUT2D eigenvalue weighted by Gasteiger charge is 2.21. The molecule has 0 rings (SSSR count). The highest BCUT2D eigenvalue weighted by Crippen LogP contribution is 1.92. The molecule has 0 aliphatic rings. The number of aliphatic carboxylic acids is 1. The number of carbonyl (C=O) groups excluding carboxylic acids is 3. The Morgan fingerprint density at radius 2 is 1.68 bits per heavy atom. The van der Waals surface area contributed by atoms with E-state index in [4.69, 9.17) is 16.6 Å². The Bertz CT molecular complexity index is 356. The number of ether oxygens (including phenoxy) is 1. The van der Waals surface area contributed by atoms with Crippen LogP contribution in [0, 0.1) is 0 Å². The molecule has 108 valence electrons. The second-order valence-electron chi connectivity index (χ2n) is 3.54. The number of hydrogen-bond donors (Lipinski definition) is 4. The molecule has 4 amide bonds. The molecule has 0 aromatic heterocycles. The van der Waals surface area contributed by atoms with Gasteiger partial charge in [0, 0.05) is 7.11 Å². The van der Waals surface area contributed by atoms with Gasteiger partial charge in [0.25, 0.3) is 0 Å². The molecule has 0 saturated heterocycles. The van der Waals surface area contributed by atoms with Crippen molar-refractivity contribution >= 4 is 23.8 Å². The zero-order chi connectivity index (χ0) is 15.0. The van der Waals surface area contributed by atoms with Gasteiger partial charge in [0.15, 0.2) is 6.10 Å². The monoisotopic (exact) mass is 276 g/mol. The van der Waals surface area contributed by atoms with E-state index in [1.54, 1.807) is 0 Å². The first kappa shape index (κ1) is 16.6. The molecule has 0 aromatic rings. The largest absolute Gasteiger partial charge is 0.479 e. The maximum atomic E-state index is 11.6. The van der Waals surface area contributed by atoms with Crippen molar-refractivity contribution in [1.82, 2.24) is 10.2 Å². The molecule has 10 heteroatoms. The van der Waals surface area contributed by atoms with Gasteiger partial charge in [-0.1, -0.05) is 0 Å². The first-order chi connectivity index (χ1) is 8.77. The molecule has 1 unspecified atom stereocenters. The highest BCUT2D eigenvalue weighted by atomic mass is 16.5. The van der Waals surface area contributed by atoms with Crippen molar-refractivity contribution in [2.75, 3.05) is 26.7 Å². The van der Waals surface area contributed by atoms with E-state index in [2.05, 4.69) is 10.1 Å². The second-order valence-corrected chi connectivity index (χ2v) is 3.54. The van der Waals surface area contributed by atoms with Gasteiger partial charge < -0.3 is 31.5 Å². The lowest BCUT2D eigenvalue weighted by Crippen LogP contribution is -2.50. The molecule has 6 N–H and O–H groups in total. The number of amides is 4. The van der Waals surface area contributed by atoms with Gasteiger partial charge in [-0.15, -0.1) is 0 Å². The topological polar surface area (TPSA) is 165 Å². The van der Waals surface area contributed by atoms with Crippen LogP contribution in [0.3, 0.4) is 0 Å². The van der Waals surface area contributed by atoms with E-state index in [1.165, 1.54) is 0 Å². The van der Waals surface area contributed by atoms with Crippen LogP contribution in [-0.4, -0.2) is 66.7 Å². The summed E-state index contributed by atoms with van der Waals surface area (Å²) in [5.74, 6) is -2.94. The zero-order valence-electron chi connectivity index (χ0n) is 10.3. The van der Waals surface area contributed by atoms with Crippen molar-refractivity contribution in [1.29, 1.82) is 0 Å². The molecular formula is C9H16N4O6. The number of urea groups is 1. The van der Waals surface area contributed by atoms with Crippen molar-refractivity contribution in [2.24, 2.45) is 11.5 Å². The van der Waals surface area contributed by atoms with E-state index in [0.717, 1.165) is 12.0 Å². The predicted molar refractivity (Wildman–Crippen MR) is 61.8 cm³/mol. The number of hydrogen-bond acceptors (Lipinski definition) is 5. The predicted octanol–water partition coefficient (Wildman–Crippen LogP) is -2.93. The molecule has 0 aromatic carbocycles. The van der Waals surface area contributed by atoms with E-state index in [1.807, 2.05) is 0 Å². The second kappa shape index (κ2) is 7.87. The Hall–Kier alpha value is -2.36. The van der Waals surface area contributed by atoms with Crippen LogP contribution in [-0.2, 0) is 19.1 Å². The Morgan fingerprint density at radius 1 is 1.21 bits per heavy atom. The van der Waals surface area contributed by atoms with Gasteiger partial charge in [-0.2, -0.15) is 0 Å². The Morgan fingerprint density at radius 3 is 2.00 bits per heavy atom. The van der Waals surface area contributed by atoms with Crippen LogP contribution < -0.4 is 16.8 Å². The first-order valence-electron chi connectivity index (χ1n) is 5.13. The van der Waals surface area contributed by atoms with E-state index in [9.17, 15) is 19.2 Å². The third-order valence-corrected chi connectivity index (χ3v) is 1.98. The number of rotatable bonds is 8. The summed E-state index contributed by atoms with van der Waals surface area (Å²) < 4.78 is 4.59. The molecule has 10 nitrogen and oxygen atoms in total. The third kappa shape index (κ3) is 6.83. The number of primary amides is 2. The fourth-order valence-corrected chi connectivity index (χ4v) is 1.14. The molecule has 0 spiro atoms. The normalized spacial score (nSPS) is 11.4. The number of methoxy groups -OCH3 is 1. The van der Waals surface area contributed by atoms with Crippen LogP contribution >= 0.6 is 0 Å². The van der Waals surface area contributed by atoms with Crippen molar-refractivity contribution < 1.29 is 29.0 Å². The maximum absolute atomic E-state index is 11.6. The van der Waals surface area contributed by atoms with Crippen LogP contribution in [0.2, 0.25) is 0 Å². The molecule has 0 radical (unpaired) electrons. The van der Waals surface area contributed by atoms with E-state index in [-0.39, 0.29) is 6.54 Å². The summed E-state index contributed by atoms with van der Waals surface area (Å²) in [5, 5.41) is 10.9. The van der Waals surface area contributed by atoms with Crippen LogP contribution in [0.4, 0.5) is 4.79 Å². The molecule has 0 heterocycles. The van der Waals surface area contributed by atoms with E-state index in [0.29, 0.717) is 0 Å². The number of nitrogens with two attached hydrogens (primary N) is 2. The van der Waals surface area contributed by atoms with Gasteiger partial charge >= 0.3 is 12.0 Å². The van der Waals surface area contributed by atoms with Gasteiger partial charge in [0.1, 0.15) is 13.1 Å². The summed E-state index contributed by atoms with van der Waals surface area (Å²) in [6.07, 6.45) is -1.24. The fraction of sp³-hybridized carbons (Fsp3) is 0.556. The van der Waals surface area contributed by atoms with Gasteiger partial charge in [-0.3, -0.25) is 9.59 Å². The Kier molecular flexibility index (Phi) is 6.89. The average Bonchev–Trinajstić information content (AvgIpc) is 2.26. The number of carboxylic acids is 1. The lowest BCUT2D eigenvalue weighted by Gasteiger charge is -2.21. The minimum absolute atomic E-state index is 0.335. The van der Waals surface area contributed by atoms with Crippen LogP contribution in [0.25, 0.3) is 0 Å². The standard InChI is InChI=1S/C9H16N4O6/c1-19-5(8(16)17)2-12-9(18)13(3-6(10)14)4-7(11)15/h5H,2-4H2,1H3,(H2,10,14)(H2,11,15)(H,12,18)(H,16,17). The lowest BCUT2D eigenvalue weighted by molar-refractivity contribution is -0.148. The summed E-state index contributed by atoms with van der Waals surface area (Å²) in [6.45, 7) is -1.36. The number of nitrogens with one attached hydrogen (secondary N) is 1. The molecular weight excluding hydrogens is 260 g/mol. The van der Waals surface area contributed by atoms with Crippen LogP contribution in [0.1, 0.15) is 0 Å². The summed E-state index contributed by atoms with van der Waals surface area (Å²) >= 11 is 0. The SMILES string of the molecule is COC(CNC(=O)N(CC(N)=O)CC(N)=O)C(=O)O. The molecule has 19 heavy (non-hydrogen) atoms. The quantitative estimate of drug-likeness (QED) is 0.370. The third-order valence-electron chi connectivity index (χ3n) is 1.98.